The van der Waals surface area contributed by atoms with Gasteiger partial charge in [-0.2, -0.15) is 0 Å². The monoisotopic (exact) mass is 211 g/mol. The van der Waals surface area contributed by atoms with Crippen LogP contribution >= 0.6 is 11.3 Å². The van der Waals surface area contributed by atoms with Crippen LogP contribution < -0.4 is 5.32 Å². The van der Waals surface area contributed by atoms with Crippen LogP contribution in [0, 0.1) is 0 Å². The number of carbonyl (C=O) groups excluding carboxylic acids is 1. The van der Waals surface area contributed by atoms with Crippen molar-refractivity contribution in [2.45, 2.75) is 31.4 Å². The third-order valence-corrected chi connectivity index (χ3v) is 3.27. The highest BCUT2D eigenvalue weighted by Crippen LogP contribution is 2.19. The van der Waals surface area contributed by atoms with Crippen LogP contribution in [0.1, 0.15) is 17.7 Å². The molecule has 1 amide bonds. The number of nitrogens with one attached hydrogen (secondary N) is 1. The van der Waals surface area contributed by atoms with Gasteiger partial charge in [-0.3, -0.25) is 4.79 Å². The first-order chi connectivity index (χ1) is 6.74. The molecule has 1 saturated carbocycles. The molecule has 0 radical (unpaired) electrons. The van der Waals surface area contributed by atoms with Gasteiger partial charge in [-0.25, -0.2) is 0 Å². The van der Waals surface area contributed by atoms with Crippen LogP contribution in [-0.4, -0.2) is 23.2 Å². The Balaban J connectivity index is 1.74. The highest BCUT2D eigenvalue weighted by molar-refractivity contribution is 7.10. The molecule has 0 atom stereocenters. The van der Waals surface area contributed by atoms with Gasteiger partial charge in [-0.1, -0.05) is 6.07 Å². The summed E-state index contributed by atoms with van der Waals surface area (Å²) in [5, 5.41) is 13.9. The molecule has 1 aromatic heterocycles. The molecule has 1 heterocycles. The van der Waals surface area contributed by atoms with E-state index in [1.807, 2.05) is 17.5 Å². The summed E-state index contributed by atoms with van der Waals surface area (Å²) in [6.45, 7) is 0. The summed E-state index contributed by atoms with van der Waals surface area (Å²) in [6.07, 6.45) is 1.67. The number of aliphatic hydroxyl groups is 1. The lowest BCUT2D eigenvalue weighted by molar-refractivity contribution is -0.122. The predicted octanol–water partition coefficient (Wildman–Crippen LogP) is 0.930. The molecule has 4 heteroatoms. The maximum Gasteiger partial charge on any atom is 0.225 e. The summed E-state index contributed by atoms with van der Waals surface area (Å²) < 4.78 is 0. The Morgan fingerprint density at radius 2 is 2.43 bits per heavy atom. The first kappa shape index (κ1) is 9.68. The molecule has 1 aliphatic rings. The quantitative estimate of drug-likeness (QED) is 0.781. The summed E-state index contributed by atoms with van der Waals surface area (Å²) >= 11 is 1.59. The van der Waals surface area contributed by atoms with E-state index >= 15 is 0 Å². The zero-order valence-electron chi connectivity index (χ0n) is 7.77. The largest absolute Gasteiger partial charge is 0.393 e. The number of hydrogen-bond acceptors (Lipinski definition) is 3. The molecule has 14 heavy (non-hydrogen) atoms. The Morgan fingerprint density at radius 3 is 3.00 bits per heavy atom. The summed E-state index contributed by atoms with van der Waals surface area (Å²) in [6, 6.07) is 4.10. The third-order valence-electron chi connectivity index (χ3n) is 2.39. The second-order valence-corrected chi connectivity index (χ2v) is 4.68. The predicted molar refractivity (Wildman–Crippen MR) is 55.2 cm³/mol. The second-order valence-electron chi connectivity index (χ2n) is 3.65. The average Bonchev–Trinajstić information content (AvgIpc) is 2.54. The van der Waals surface area contributed by atoms with Crippen molar-refractivity contribution >= 4 is 17.2 Å². The number of amides is 1. The Hall–Kier alpha value is -0.870. The van der Waals surface area contributed by atoms with E-state index < -0.39 is 0 Å². The summed E-state index contributed by atoms with van der Waals surface area (Å²) in [4.78, 5) is 12.5. The van der Waals surface area contributed by atoms with Crippen LogP contribution in [0.15, 0.2) is 17.5 Å². The van der Waals surface area contributed by atoms with Crippen molar-refractivity contribution in [3.05, 3.63) is 22.4 Å². The van der Waals surface area contributed by atoms with Crippen LogP contribution in [0.3, 0.4) is 0 Å². The van der Waals surface area contributed by atoms with Crippen molar-refractivity contribution in [3.8, 4) is 0 Å². The molecule has 0 bridgehead atoms. The molecule has 0 aromatic carbocycles. The fourth-order valence-corrected chi connectivity index (χ4v) is 2.26. The molecule has 2 rings (SSSR count). The Kier molecular flexibility index (Phi) is 2.84. The van der Waals surface area contributed by atoms with E-state index in [9.17, 15) is 4.79 Å². The van der Waals surface area contributed by atoms with E-state index in [1.165, 1.54) is 0 Å². The van der Waals surface area contributed by atoms with Crippen molar-refractivity contribution in [3.63, 3.8) is 0 Å². The molecule has 0 aliphatic heterocycles. The minimum absolute atomic E-state index is 0.0596. The molecule has 76 valence electrons. The second kappa shape index (κ2) is 4.11. The molecule has 2 N–H and O–H groups in total. The van der Waals surface area contributed by atoms with Gasteiger partial charge in [-0.05, 0) is 24.3 Å². The van der Waals surface area contributed by atoms with Crippen LogP contribution in [0.5, 0.6) is 0 Å². The topological polar surface area (TPSA) is 49.3 Å². The number of aliphatic hydroxyl groups excluding tert-OH is 1. The normalized spacial score (nSPS) is 25.5. The third kappa shape index (κ3) is 2.33. The average molecular weight is 211 g/mol. The van der Waals surface area contributed by atoms with E-state index in [4.69, 9.17) is 5.11 Å². The SMILES string of the molecule is O=C(Cc1cccs1)NC1CC(O)C1. The van der Waals surface area contributed by atoms with Gasteiger partial charge in [0.15, 0.2) is 0 Å². The van der Waals surface area contributed by atoms with Crippen molar-refractivity contribution in [2.24, 2.45) is 0 Å². The fraction of sp³-hybridized carbons (Fsp3) is 0.500. The molecule has 3 nitrogen and oxygen atoms in total. The highest BCUT2D eigenvalue weighted by atomic mass is 32.1. The first-order valence-electron chi connectivity index (χ1n) is 4.74. The van der Waals surface area contributed by atoms with Gasteiger partial charge in [0.25, 0.3) is 0 Å². The molecule has 0 unspecified atom stereocenters. The molecule has 1 aliphatic carbocycles. The lowest BCUT2D eigenvalue weighted by Crippen LogP contribution is -2.47. The number of rotatable bonds is 3. The highest BCUT2D eigenvalue weighted by Gasteiger charge is 2.28. The summed E-state index contributed by atoms with van der Waals surface area (Å²) in [7, 11) is 0. The van der Waals surface area contributed by atoms with Crippen LogP contribution in [0.25, 0.3) is 0 Å². The smallest absolute Gasteiger partial charge is 0.225 e. The lowest BCUT2D eigenvalue weighted by Gasteiger charge is -2.31. The molecule has 0 spiro atoms. The van der Waals surface area contributed by atoms with Gasteiger partial charge < -0.3 is 10.4 Å². The van der Waals surface area contributed by atoms with Crippen molar-refractivity contribution in [2.75, 3.05) is 0 Å². The van der Waals surface area contributed by atoms with Gasteiger partial charge in [-0.15, -0.1) is 11.3 Å². The van der Waals surface area contributed by atoms with E-state index in [1.54, 1.807) is 11.3 Å². The zero-order chi connectivity index (χ0) is 9.97. The molecular weight excluding hydrogens is 198 g/mol. The lowest BCUT2D eigenvalue weighted by atomic mass is 9.89. The Morgan fingerprint density at radius 1 is 1.64 bits per heavy atom. The first-order valence-corrected chi connectivity index (χ1v) is 5.62. The number of carbonyl (C=O) groups is 1. The van der Waals surface area contributed by atoms with E-state index in [2.05, 4.69) is 5.32 Å². The van der Waals surface area contributed by atoms with Crippen molar-refractivity contribution in [1.82, 2.24) is 5.32 Å². The van der Waals surface area contributed by atoms with E-state index in [-0.39, 0.29) is 18.1 Å². The van der Waals surface area contributed by atoms with Gasteiger partial charge in [0.05, 0.1) is 12.5 Å². The summed E-state index contributed by atoms with van der Waals surface area (Å²) in [5.74, 6) is 0.0596. The number of hydrogen-bond donors (Lipinski definition) is 2. The van der Waals surface area contributed by atoms with Gasteiger partial charge in [0, 0.05) is 10.9 Å². The van der Waals surface area contributed by atoms with Crippen LogP contribution in [0.2, 0.25) is 0 Å². The Labute approximate surface area is 86.8 Å². The minimum atomic E-state index is -0.206. The Bertz CT molecular complexity index is 304. The number of thiophene rings is 1. The molecule has 1 fully saturated rings. The molecule has 1 aromatic rings. The zero-order valence-corrected chi connectivity index (χ0v) is 8.59. The molecular formula is C10H13NO2S. The standard InChI is InChI=1S/C10H13NO2S/c12-8-4-7(5-8)11-10(13)6-9-2-1-3-14-9/h1-3,7-8,12H,4-6H2,(H,11,13). The maximum atomic E-state index is 11.4. The minimum Gasteiger partial charge on any atom is -0.393 e. The van der Waals surface area contributed by atoms with Crippen molar-refractivity contribution < 1.29 is 9.90 Å². The van der Waals surface area contributed by atoms with Gasteiger partial charge >= 0.3 is 0 Å². The fourth-order valence-electron chi connectivity index (χ4n) is 1.56. The van der Waals surface area contributed by atoms with Crippen LogP contribution in [-0.2, 0) is 11.2 Å². The summed E-state index contributed by atoms with van der Waals surface area (Å²) in [5.41, 5.74) is 0. The van der Waals surface area contributed by atoms with Crippen molar-refractivity contribution in [1.29, 1.82) is 0 Å². The molecule has 0 saturated heterocycles. The van der Waals surface area contributed by atoms with Gasteiger partial charge in [0.1, 0.15) is 0 Å². The van der Waals surface area contributed by atoms with E-state index in [0.29, 0.717) is 19.3 Å². The van der Waals surface area contributed by atoms with Gasteiger partial charge in [0.2, 0.25) is 5.91 Å². The van der Waals surface area contributed by atoms with E-state index in [0.717, 1.165) is 4.88 Å². The maximum absolute atomic E-state index is 11.4. The van der Waals surface area contributed by atoms with Crippen LogP contribution in [0.4, 0.5) is 0 Å².